The van der Waals surface area contributed by atoms with Crippen LogP contribution in [0.5, 0.6) is 5.75 Å². The standard InChI is InChI=1S/C16H23F2NO/c1-4-19-13-9-10(2)8-11(3)16(13)20-14-7-5-6-12(17)15(14)18/h5-7,10-11,13,16,19H,4,8-9H2,1-3H3. The molecular formula is C16H23F2NO. The number of halogens is 2. The maximum Gasteiger partial charge on any atom is 0.200 e. The van der Waals surface area contributed by atoms with Gasteiger partial charge < -0.3 is 10.1 Å². The lowest BCUT2D eigenvalue weighted by Crippen LogP contribution is -2.51. The Morgan fingerprint density at radius 1 is 1.25 bits per heavy atom. The zero-order chi connectivity index (χ0) is 14.7. The van der Waals surface area contributed by atoms with Gasteiger partial charge >= 0.3 is 0 Å². The summed E-state index contributed by atoms with van der Waals surface area (Å²) in [4.78, 5) is 0. The molecule has 4 unspecified atom stereocenters. The van der Waals surface area contributed by atoms with E-state index in [0.717, 1.165) is 25.5 Å². The van der Waals surface area contributed by atoms with Crippen LogP contribution in [0, 0.1) is 23.5 Å². The van der Waals surface area contributed by atoms with Gasteiger partial charge in [-0.15, -0.1) is 0 Å². The van der Waals surface area contributed by atoms with Gasteiger partial charge in [0.25, 0.3) is 0 Å². The van der Waals surface area contributed by atoms with Crippen LogP contribution in [0.25, 0.3) is 0 Å². The molecule has 2 rings (SSSR count). The number of hydrogen-bond acceptors (Lipinski definition) is 2. The Kier molecular flexibility index (Phi) is 4.97. The minimum absolute atomic E-state index is 0.0132. The second-order valence-electron chi connectivity index (χ2n) is 5.85. The zero-order valence-electron chi connectivity index (χ0n) is 12.3. The van der Waals surface area contributed by atoms with Crippen molar-refractivity contribution in [2.75, 3.05) is 6.54 Å². The van der Waals surface area contributed by atoms with Gasteiger partial charge in [0.05, 0.1) is 0 Å². The van der Waals surface area contributed by atoms with Crippen LogP contribution in [0.15, 0.2) is 18.2 Å². The molecule has 0 heterocycles. The van der Waals surface area contributed by atoms with Gasteiger partial charge in [0, 0.05) is 6.04 Å². The molecule has 0 spiro atoms. The maximum atomic E-state index is 13.8. The fourth-order valence-electron chi connectivity index (χ4n) is 3.21. The molecule has 4 heteroatoms. The number of nitrogens with one attached hydrogen (secondary N) is 1. The Morgan fingerprint density at radius 2 is 2.00 bits per heavy atom. The third kappa shape index (κ3) is 3.29. The minimum Gasteiger partial charge on any atom is -0.485 e. The average Bonchev–Trinajstić information content (AvgIpc) is 2.38. The molecule has 1 N–H and O–H groups in total. The highest BCUT2D eigenvalue weighted by molar-refractivity contribution is 5.25. The maximum absolute atomic E-state index is 13.8. The SMILES string of the molecule is CCNC1CC(C)CC(C)C1Oc1cccc(F)c1F. The van der Waals surface area contributed by atoms with E-state index in [1.165, 1.54) is 12.1 Å². The first kappa shape index (κ1) is 15.2. The van der Waals surface area contributed by atoms with Crippen molar-refractivity contribution < 1.29 is 13.5 Å². The summed E-state index contributed by atoms with van der Waals surface area (Å²) >= 11 is 0. The van der Waals surface area contributed by atoms with Crippen LogP contribution in [0.2, 0.25) is 0 Å². The van der Waals surface area contributed by atoms with E-state index in [1.54, 1.807) is 0 Å². The van der Waals surface area contributed by atoms with Crippen molar-refractivity contribution >= 4 is 0 Å². The average molecular weight is 283 g/mol. The second-order valence-corrected chi connectivity index (χ2v) is 5.85. The van der Waals surface area contributed by atoms with Gasteiger partial charge in [0.1, 0.15) is 6.10 Å². The molecule has 2 nitrogen and oxygen atoms in total. The summed E-state index contributed by atoms with van der Waals surface area (Å²) in [5, 5.41) is 3.41. The summed E-state index contributed by atoms with van der Waals surface area (Å²) in [5.74, 6) is -0.816. The van der Waals surface area contributed by atoms with E-state index in [9.17, 15) is 8.78 Å². The van der Waals surface area contributed by atoms with Crippen molar-refractivity contribution in [3.05, 3.63) is 29.8 Å². The van der Waals surface area contributed by atoms with Gasteiger partial charge in [0.2, 0.25) is 5.82 Å². The highest BCUT2D eigenvalue weighted by Gasteiger charge is 2.35. The smallest absolute Gasteiger partial charge is 0.200 e. The molecular weight excluding hydrogens is 260 g/mol. The molecule has 20 heavy (non-hydrogen) atoms. The van der Waals surface area contributed by atoms with Crippen LogP contribution < -0.4 is 10.1 Å². The van der Waals surface area contributed by atoms with Crippen LogP contribution in [-0.4, -0.2) is 18.7 Å². The summed E-state index contributed by atoms with van der Waals surface area (Å²) in [5.41, 5.74) is 0. The number of benzene rings is 1. The zero-order valence-corrected chi connectivity index (χ0v) is 12.3. The lowest BCUT2D eigenvalue weighted by Gasteiger charge is -2.40. The van der Waals surface area contributed by atoms with Crippen molar-refractivity contribution in [3.63, 3.8) is 0 Å². The van der Waals surface area contributed by atoms with E-state index in [0.29, 0.717) is 11.8 Å². The van der Waals surface area contributed by atoms with Gasteiger partial charge in [-0.1, -0.05) is 26.8 Å². The van der Waals surface area contributed by atoms with E-state index >= 15 is 0 Å². The van der Waals surface area contributed by atoms with Gasteiger partial charge in [0.15, 0.2) is 11.6 Å². The molecule has 4 atom stereocenters. The van der Waals surface area contributed by atoms with E-state index in [2.05, 4.69) is 19.2 Å². The number of hydrogen-bond donors (Lipinski definition) is 1. The molecule has 1 aromatic carbocycles. The topological polar surface area (TPSA) is 21.3 Å². The van der Waals surface area contributed by atoms with Crippen molar-refractivity contribution in [2.45, 2.75) is 45.8 Å². The van der Waals surface area contributed by atoms with Crippen LogP contribution in [-0.2, 0) is 0 Å². The van der Waals surface area contributed by atoms with E-state index in [1.807, 2.05) is 6.92 Å². The van der Waals surface area contributed by atoms with E-state index < -0.39 is 11.6 Å². The second kappa shape index (κ2) is 6.53. The quantitative estimate of drug-likeness (QED) is 0.908. The Balaban J connectivity index is 2.17. The van der Waals surface area contributed by atoms with Crippen molar-refractivity contribution in [2.24, 2.45) is 11.8 Å². The van der Waals surface area contributed by atoms with Crippen LogP contribution in [0.4, 0.5) is 8.78 Å². The van der Waals surface area contributed by atoms with Crippen molar-refractivity contribution in [1.29, 1.82) is 0 Å². The molecule has 0 saturated heterocycles. The largest absolute Gasteiger partial charge is 0.485 e. The molecule has 1 aliphatic carbocycles. The number of rotatable bonds is 4. The number of likely N-dealkylation sites (N-methyl/N-ethyl adjacent to an activating group) is 1. The normalized spacial score (nSPS) is 30.2. The molecule has 1 aliphatic rings. The monoisotopic (exact) mass is 283 g/mol. The molecule has 0 aromatic heterocycles. The molecule has 0 radical (unpaired) electrons. The highest BCUT2D eigenvalue weighted by Crippen LogP contribution is 2.33. The highest BCUT2D eigenvalue weighted by atomic mass is 19.2. The third-order valence-corrected chi connectivity index (χ3v) is 4.03. The molecule has 1 saturated carbocycles. The Morgan fingerprint density at radius 3 is 2.70 bits per heavy atom. The molecule has 0 amide bonds. The Hall–Kier alpha value is -1.16. The predicted molar refractivity (Wildman–Crippen MR) is 75.8 cm³/mol. The first-order chi connectivity index (χ1) is 9.52. The third-order valence-electron chi connectivity index (χ3n) is 4.03. The van der Waals surface area contributed by atoms with Crippen LogP contribution >= 0.6 is 0 Å². The lowest BCUT2D eigenvalue weighted by molar-refractivity contribution is 0.0448. The first-order valence-electron chi connectivity index (χ1n) is 7.37. The van der Waals surface area contributed by atoms with E-state index in [4.69, 9.17) is 4.74 Å². The Bertz CT molecular complexity index is 452. The summed E-state index contributed by atoms with van der Waals surface area (Å²) in [6.45, 7) is 7.22. The van der Waals surface area contributed by atoms with Gasteiger partial charge in [-0.3, -0.25) is 0 Å². The summed E-state index contributed by atoms with van der Waals surface area (Å²) in [6, 6.07) is 4.26. The molecule has 1 fully saturated rings. The van der Waals surface area contributed by atoms with Crippen molar-refractivity contribution in [3.8, 4) is 5.75 Å². The Labute approximate surface area is 119 Å². The first-order valence-corrected chi connectivity index (χ1v) is 7.37. The van der Waals surface area contributed by atoms with Crippen LogP contribution in [0.1, 0.15) is 33.6 Å². The fourth-order valence-corrected chi connectivity index (χ4v) is 3.21. The van der Waals surface area contributed by atoms with E-state index in [-0.39, 0.29) is 17.9 Å². The molecule has 1 aromatic rings. The minimum atomic E-state index is -0.895. The van der Waals surface area contributed by atoms with Crippen LogP contribution in [0.3, 0.4) is 0 Å². The molecule has 112 valence electrons. The summed E-state index contributed by atoms with van der Waals surface area (Å²) in [6.07, 6.45) is 1.92. The number of ether oxygens (including phenoxy) is 1. The predicted octanol–water partition coefficient (Wildman–Crippen LogP) is 3.76. The fraction of sp³-hybridized carbons (Fsp3) is 0.625. The lowest BCUT2D eigenvalue weighted by atomic mass is 9.78. The molecule has 0 bridgehead atoms. The summed E-state index contributed by atoms with van der Waals surface area (Å²) < 4.78 is 32.8. The summed E-state index contributed by atoms with van der Waals surface area (Å²) in [7, 11) is 0. The van der Waals surface area contributed by atoms with Gasteiger partial charge in [-0.25, -0.2) is 4.39 Å². The van der Waals surface area contributed by atoms with Gasteiger partial charge in [-0.2, -0.15) is 4.39 Å². The molecule has 0 aliphatic heterocycles. The van der Waals surface area contributed by atoms with Gasteiger partial charge in [-0.05, 0) is 43.4 Å². The van der Waals surface area contributed by atoms with Crippen molar-refractivity contribution in [1.82, 2.24) is 5.32 Å².